The lowest BCUT2D eigenvalue weighted by atomic mass is 10.2. The SMILES string of the molecule is Cc1csc(CN(Cc2cc(=O)n3[nH]cc(C#N)c3n2)CC2CCCO2)n1. The minimum atomic E-state index is -0.223. The van der Waals surface area contributed by atoms with Crippen molar-refractivity contribution >= 4 is 17.0 Å². The van der Waals surface area contributed by atoms with Gasteiger partial charge < -0.3 is 4.74 Å². The minimum Gasteiger partial charge on any atom is -0.377 e. The third-order valence-corrected chi connectivity index (χ3v) is 5.52. The lowest BCUT2D eigenvalue weighted by Gasteiger charge is -2.24. The van der Waals surface area contributed by atoms with Gasteiger partial charge in [0.2, 0.25) is 0 Å². The fraction of sp³-hybridized carbons (Fsp3) is 0.444. The Morgan fingerprint density at radius 1 is 1.48 bits per heavy atom. The Hall–Kier alpha value is -2.54. The van der Waals surface area contributed by atoms with Crippen LogP contribution in [-0.2, 0) is 17.8 Å². The second-order valence-corrected chi connectivity index (χ2v) is 7.67. The number of aromatic nitrogens is 4. The molecule has 9 heteroatoms. The predicted molar refractivity (Wildman–Crippen MR) is 100 cm³/mol. The van der Waals surface area contributed by atoms with Gasteiger partial charge in [-0.05, 0) is 19.8 Å². The van der Waals surface area contributed by atoms with E-state index in [0.29, 0.717) is 30.0 Å². The quantitative estimate of drug-likeness (QED) is 0.696. The van der Waals surface area contributed by atoms with Gasteiger partial charge in [0.1, 0.15) is 16.6 Å². The Bertz CT molecular complexity index is 1040. The van der Waals surface area contributed by atoms with E-state index >= 15 is 0 Å². The summed E-state index contributed by atoms with van der Waals surface area (Å²) in [5, 5.41) is 15.0. The van der Waals surface area contributed by atoms with Crippen LogP contribution in [0.4, 0.5) is 0 Å². The zero-order valence-corrected chi connectivity index (χ0v) is 15.8. The molecule has 3 aromatic rings. The van der Waals surface area contributed by atoms with Gasteiger partial charge in [-0.15, -0.1) is 11.3 Å². The van der Waals surface area contributed by atoms with E-state index in [1.807, 2.05) is 12.3 Å². The van der Waals surface area contributed by atoms with E-state index in [1.165, 1.54) is 16.8 Å². The van der Waals surface area contributed by atoms with E-state index in [9.17, 15) is 10.1 Å². The van der Waals surface area contributed by atoms with E-state index in [0.717, 1.165) is 36.7 Å². The van der Waals surface area contributed by atoms with Gasteiger partial charge in [-0.25, -0.2) is 14.5 Å². The molecule has 1 saturated heterocycles. The maximum Gasteiger partial charge on any atom is 0.272 e. The maximum atomic E-state index is 12.3. The maximum absolute atomic E-state index is 12.3. The van der Waals surface area contributed by atoms with Crippen LogP contribution in [-0.4, -0.2) is 43.7 Å². The largest absolute Gasteiger partial charge is 0.377 e. The molecule has 0 bridgehead atoms. The van der Waals surface area contributed by atoms with E-state index in [1.54, 1.807) is 11.3 Å². The van der Waals surface area contributed by atoms with Crippen molar-refractivity contribution < 1.29 is 4.74 Å². The van der Waals surface area contributed by atoms with Crippen LogP contribution >= 0.6 is 11.3 Å². The van der Waals surface area contributed by atoms with Crippen molar-refractivity contribution in [2.45, 2.75) is 39.0 Å². The van der Waals surface area contributed by atoms with Crippen molar-refractivity contribution in [2.24, 2.45) is 0 Å². The molecule has 3 aromatic heterocycles. The molecule has 0 spiro atoms. The van der Waals surface area contributed by atoms with Crippen molar-refractivity contribution in [2.75, 3.05) is 13.2 Å². The first-order valence-corrected chi connectivity index (χ1v) is 9.75. The number of nitrogens with one attached hydrogen (secondary N) is 1. The lowest BCUT2D eigenvalue weighted by molar-refractivity contribution is 0.0674. The van der Waals surface area contributed by atoms with Gasteiger partial charge in [-0.2, -0.15) is 5.26 Å². The first kappa shape index (κ1) is 17.9. The molecule has 140 valence electrons. The molecule has 8 nitrogen and oxygen atoms in total. The number of ether oxygens (including phenoxy) is 1. The highest BCUT2D eigenvalue weighted by Crippen LogP contribution is 2.18. The molecule has 1 aliphatic rings. The predicted octanol–water partition coefficient (Wildman–Crippen LogP) is 1.84. The third-order valence-electron chi connectivity index (χ3n) is 4.57. The monoisotopic (exact) mass is 384 g/mol. The van der Waals surface area contributed by atoms with Gasteiger partial charge in [0.15, 0.2) is 5.65 Å². The van der Waals surface area contributed by atoms with Gasteiger partial charge in [-0.1, -0.05) is 0 Å². The summed E-state index contributed by atoms with van der Waals surface area (Å²) in [5.74, 6) is 0. The molecule has 0 amide bonds. The molecular weight excluding hydrogens is 364 g/mol. The van der Waals surface area contributed by atoms with Crippen LogP contribution in [0.2, 0.25) is 0 Å². The summed E-state index contributed by atoms with van der Waals surface area (Å²) in [6.07, 6.45) is 3.81. The standard InChI is InChI=1S/C18H20N6O2S/c1-12-11-27-16(21-12)10-23(9-15-3-2-4-26-15)8-14-5-17(25)24-18(22-14)13(6-19)7-20-24/h5,7,11,15,20H,2-4,8-10H2,1H3. The zero-order valence-electron chi connectivity index (χ0n) is 15.0. The summed E-state index contributed by atoms with van der Waals surface area (Å²) in [5.41, 5.74) is 2.15. The number of aryl methyl sites for hydroxylation is 1. The van der Waals surface area contributed by atoms with Crippen LogP contribution in [0.15, 0.2) is 22.4 Å². The van der Waals surface area contributed by atoms with Crippen molar-refractivity contribution in [3.05, 3.63) is 50.0 Å². The number of fused-ring (bicyclic) bond motifs is 1. The van der Waals surface area contributed by atoms with E-state index < -0.39 is 0 Å². The number of hydrogen-bond donors (Lipinski definition) is 1. The topological polar surface area (TPSA) is 99.3 Å². The summed E-state index contributed by atoms with van der Waals surface area (Å²) in [6, 6.07) is 3.58. The molecule has 0 saturated carbocycles. The Kier molecular flexibility index (Phi) is 5.03. The number of rotatable bonds is 6. The van der Waals surface area contributed by atoms with Crippen LogP contribution in [0.1, 0.15) is 34.8 Å². The summed E-state index contributed by atoms with van der Waals surface area (Å²) in [7, 11) is 0. The van der Waals surface area contributed by atoms with Crippen LogP contribution in [0, 0.1) is 18.3 Å². The van der Waals surface area contributed by atoms with Gasteiger partial charge in [0, 0.05) is 43.0 Å². The number of aromatic amines is 1. The molecule has 0 aromatic carbocycles. The Morgan fingerprint density at radius 2 is 2.37 bits per heavy atom. The summed E-state index contributed by atoms with van der Waals surface area (Å²) in [6.45, 7) is 4.72. The Labute approximate surface area is 160 Å². The molecule has 27 heavy (non-hydrogen) atoms. The van der Waals surface area contributed by atoms with Crippen molar-refractivity contribution in [3.8, 4) is 6.07 Å². The normalized spacial score (nSPS) is 17.0. The lowest BCUT2D eigenvalue weighted by Crippen LogP contribution is -2.32. The van der Waals surface area contributed by atoms with Crippen molar-refractivity contribution in [3.63, 3.8) is 0 Å². The van der Waals surface area contributed by atoms with Crippen LogP contribution in [0.25, 0.3) is 5.65 Å². The van der Waals surface area contributed by atoms with Gasteiger partial charge in [0.05, 0.1) is 18.3 Å². The van der Waals surface area contributed by atoms with E-state index in [-0.39, 0.29) is 11.7 Å². The number of thiazole rings is 1. The highest BCUT2D eigenvalue weighted by atomic mass is 32.1. The summed E-state index contributed by atoms with van der Waals surface area (Å²) in [4.78, 5) is 23.7. The molecule has 0 aliphatic carbocycles. The number of H-pyrrole nitrogens is 1. The number of hydrogen-bond acceptors (Lipinski definition) is 7. The summed E-state index contributed by atoms with van der Waals surface area (Å²) < 4.78 is 7.08. The second kappa shape index (κ2) is 7.60. The van der Waals surface area contributed by atoms with Gasteiger partial charge in [-0.3, -0.25) is 14.8 Å². The summed E-state index contributed by atoms with van der Waals surface area (Å²) >= 11 is 1.63. The fourth-order valence-electron chi connectivity index (χ4n) is 3.35. The molecule has 4 heterocycles. The molecule has 1 unspecified atom stereocenters. The Morgan fingerprint density at radius 3 is 3.07 bits per heavy atom. The molecule has 1 atom stereocenters. The first-order valence-electron chi connectivity index (χ1n) is 8.87. The molecule has 1 aliphatic heterocycles. The van der Waals surface area contributed by atoms with Crippen LogP contribution in [0.3, 0.4) is 0 Å². The number of nitrogens with zero attached hydrogens (tertiary/aromatic N) is 5. The van der Waals surface area contributed by atoms with E-state index in [2.05, 4.69) is 26.0 Å². The molecule has 1 N–H and O–H groups in total. The molecular formula is C18H20N6O2S. The van der Waals surface area contributed by atoms with Crippen LogP contribution < -0.4 is 5.56 Å². The molecule has 0 radical (unpaired) electrons. The van der Waals surface area contributed by atoms with E-state index in [4.69, 9.17) is 4.74 Å². The average molecular weight is 384 g/mol. The van der Waals surface area contributed by atoms with Crippen molar-refractivity contribution in [1.29, 1.82) is 5.26 Å². The minimum absolute atomic E-state index is 0.192. The highest BCUT2D eigenvalue weighted by molar-refractivity contribution is 7.09. The van der Waals surface area contributed by atoms with Gasteiger partial charge >= 0.3 is 0 Å². The highest BCUT2D eigenvalue weighted by Gasteiger charge is 2.21. The third kappa shape index (κ3) is 3.93. The zero-order chi connectivity index (χ0) is 18.8. The fourth-order valence-corrected chi connectivity index (χ4v) is 4.16. The first-order chi connectivity index (χ1) is 13.1. The second-order valence-electron chi connectivity index (χ2n) is 6.73. The number of nitriles is 1. The Balaban J connectivity index is 1.60. The van der Waals surface area contributed by atoms with Gasteiger partial charge in [0.25, 0.3) is 5.56 Å². The van der Waals surface area contributed by atoms with Crippen molar-refractivity contribution in [1.82, 2.24) is 24.5 Å². The smallest absolute Gasteiger partial charge is 0.272 e. The van der Waals surface area contributed by atoms with Crippen LogP contribution in [0.5, 0.6) is 0 Å². The molecule has 4 rings (SSSR count). The molecule has 1 fully saturated rings. The average Bonchev–Trinajstić information content (AvgIpc) is 3.36.